The highest BCUT2D eigenvalue weighted by Gasteiger charge is 2.14. The molecule has 2 N–H and O–H groups in total. The number of pyridine rings is 1. The van der Waals surface area contributed by atoms with E-state index in [1.807, 2.05) is 31.2 Å². The lowest BCUT2D eigenvalue weighted by molar-refractivity contribution is 0.197. The Morgan fingerprint density at radius 1 is 1.04 bits per heavy atom. The van der Waals surface area contributed by atoms with Crippen LogP contribution in [0.15, 0.2) is 36.7 Å². The van der Waals surface area contributed by atoms with Gasteiger partial charge in [0.25, 0.3) is 0 Å². The SMILES string of the molecule is C[C@@H]1CNCC[C@H](C)Oc2ccc3[nH]nc(c3c2)-c2cncc(c2)O1. The van der Waals surface area contributed by atoms with E-state index < -0.39 is 0 Å². The minimum Gasteiger partial charge on any atom is -0.491 e. The third-order valence-corrected chi connectivity index (χ3v) is 4.35. The quantitative estimate of drug-likeness (QED) is 0.659. The summed E-state index contributed by atoms with van der Waals surface area (Å²) in [4.78, 5) is 4.32. The van der Waals surface area contributed by atoms with E-state index in [0.29, 0.717) is 0 Å². The first-order valence-electron chi connectivity index (χ1n) is 8.66. The maximum absolute atomic E-state index is 6.07. The van der Waals surface area contributed by atoms with Gasteiger partial charge in [0, 0.05) is 23.7 Å². The smallest absolute Gasteiger partial charge is 0.138 e. The number of nitrogens with zero attached hydrogens (tertiary/aromatic N) is 2. The van der Waals surface area contributed by atoms with Crippen molar-refractivity contribution in [3.8, 4) is 22.8 Å². The number of nitrogens with one attached hydrogen (secondary N) is 2. The molecule has 4 rings (SSSR count). The van der Waals surface area contributed by atoms with Crippen LogP contribution >= 0.6 is 0 Å². The number of benzene rings is 1. The van der Waals surface area contributed by atoms with Gasteiger partial charge in [-0.3, -0.25) is 10.1 Å². The van der Waals surface area contributed by atoms with E-state index in [4.69, 9.17) is 9.47 Å². The van der Waals surface area contributed by atoms with Gasteiger partial charge in [0.05, 0.1) is 17.8 Å². The van der Waals surface area contributed by atoms with Crippen LogP contribution in [-0.2, 0) is 0 Å². The van der Waals surface area contributed by atoms with Gasteiger partial charge in [-0.25, -0.2) is 0 Å². The van der Waals surface area contributed by atoms with Crippen molar-refractivity contribution < 1.29 is 9.47 Å². The van der Waals surface area contributed by atoms with Gasteiger partial charge in [0.2, 0.25) is 0 Å². The maximum Gasteiger partial charge on any atom is 0.138 e. The monoisotopic (exact) mass is 338 g/mol. The van der Waals surface area contributed by atoms with E-state index in [-0.39, 0.29) is 12.2 Å². The van der Waals surface area contributed by atoms with Crippen LogP contribution in [-0.4, -0.2) is 40.5 Å². The first-order valence-corrected chi connectivity index (χ1v) is 8.66. The molecule has 1 aliphatic heterocycles. The van der Waals surface area contributed by atoms with Gasteiger partial charge >= 0.3 is 0 Å². The van der Waals surface area contributed by atoms with Crippen molar-refractivity contribution in [2.24, 2.45) is 0 Å². The molecule has 0 radical (unpaired) electrons. The van der Waals surface area contributed by atoms with Gasteiger partial charge in [0.15, 0.2) is 0 Å². The summed E-state index contributed by atoms with van der Waals surface area (Å²) in [5, 5.41) is 12.0. The summed E-state index contributed by atoms with van der Waals surface area (Å²) in [6, 6.07) is 8.00. The third-order valence-electron chi connectivity index (χ3n) is 4.35. The topological polar surface area (TPSA) is 72.1 Å². The van der Waals surface area contributed by atoms with Gasteiger partial charge in [-0.2, -0.15) is 5.10 Å². The lowest BCUT2D eigenvalue weighted by Gasteiger charge is -2.17. The van der Waals surface area contributed by atoms with Crippen LogP contribution in [0, 0.1) is 0 Å². The Balaban J connectivity index is 1.79. The Morgan fingerprint density at radius 3 is 2.84 bits per heavy atom. The summed E-state index contributed by atoms with van der Waals surface area (Å²) in [5.74, 6) is 1.60. The summed E-state index contributed by atoms with van der Waals surface area (Å²) in [7, 11) is 0. The molecule has 1 aliphatic rings. The second-order valence-corrected chi connectivity index (χ2v) is 6.54. The Hall–Kier alpha value is -2.60. The van der Waals surface area contributed by atoms with Crippen molar-refractivity contribution in [2.75, 3.05) is 13.1 Å². The van der Waals surface area contributed by atoms with Crippen LogP contribution in [0.4, 0.5) is 0 Å². The zero-order valence-corrected chi connectivity index (χ0v) is 14.5. The van der Waals surface area contributed by atoms with Crippen molar-refractivity contribution in [3.63, 3.8) is 0 Å². The van der Waals surface area contributed by atoms with Crippen LogP contribution in [0.3, 0.4) is 0 Å². The Bertz CT molecular complexity index is 877. The van der Waals surface area contributed by atoms with E-state index in [0.717, 1.165) is 53.2 Å². The molecule has 4 bridgehead atoms. The minimum atomic E-state index is 0.0543. The van der Waals surface area contributed by atoms with Crippen LogP contribution in [0.1, 0.15) is 20.3 Å². The fourth-order valence-corrected chi connectivity index (χ4v) is 3.08. The molecule has 0 amide bonds. The molecule has 1 aromatic carbocycles. The molecule has 3 heterocycles. The molecule has 0 fully saturated rings. The molecule has 0 saturated heterocycles. The van der Waals surface area contributed by atoms with Crippen molar-refractivity contribution in [1.82, 2.24) is 20.5 Å². The second-order valence-electron chi connectivity index (χ2n) is 6.54. The number of fused-ring (bicyclic) bond motifs is 4. The molecule has 6 nitrogen and oxygen atoms in total. The number of hydrogen-bond donors (Lipinski definition) is 2. The highest BCUT2D eigenvalue weighted by Crippen LogP contribution is 2.31. The number of aromatic nitrogens is 3. The minimum absolute atomic E-state index is 0.0543. The molecule has 2 atom stereocenters. The summed E-state index contributed by atoms with van der Waals surface area (Å²) in [5.41, 5.74) is 2.75. The fraction of sp³-hybridized carbons (Fsp3) is 0.368. The Kier molecular flexibility index (Phi) is 4.28. The zero-order chi connectivity index (χ0) is 17.2. The molecular weight excluding hydrogens is 316 g/mol. The molecule has 0 aliphatic carbocycles. The molecule has 130 valence electrons. The standard InChI is InChI=1S/C19H22N4O2/c1-12-5-6-20-9-13(2)25-16-7-14(10-21-11-16)19-17-8-15(24-12)3-4-18(17)22-23-19/h3-4,7-8,10-13,20H,5-6,9H2,1-2H3,(H,22,23)/t12-,13+/m0/s1. The number of ether oxygens (including phenoxy) is 2. The van der Waals surface area contributed by atoms with Crippen molar-refractivity contribution in [2.45, 2.75) is 32.5 Å². The van der Waals surface area contributed by atoms with Gasteiger partial charge in [-0.1, -0.05) is 0 Å². The largest absolute Gasteiger partial charge is 0.491 e. The molecule has 2 aromatic heterocycles. The van der Waals surface area contributed by atoms with E-state index in [1.54, 1.807) is 12.4 Å². The highest BCUT2D eigenvalue weighted by atomic mass is 16.5. The number of H-pyrrole nitrogens is 1. The van der Waals surface area contributed by atoms with Crippen molar-refractivity contribution in [1.29, 1.82) is 0 Å². The summed E-state index contributed by atoms with van der Waals surface area (Å²) < 4.78 is 12.1. The van der Waals surface area contributed by atoms with Gasteiger partial charge in [0.1, 0.15) is 23.3 Å². The molecule has 6 heteroatoms. The van der Waals surface area contributed by atoms with Crippen molar-refractivity contribution in [3.05, 3.63) is 36.7 Å². The van der Waals surface area contributed by atoms with Crippen LogP contribution < -0.4 is 14.8 Å². The normalized spacial score (nSPS) is 21.2. The molecule has 0 unspecified atom stereocenters. The molecular formula is C19H22N4O2. The molecule has 0 spiro atoms. The maximum atomic E-state index is 6.07. The number of rotatable bonds is 0. The Morgan fingerprint density at radius 2 is 1.92 bits per heavy atom. The molecule has 0 saturated carbocycles. The average Bonchev–Trinajstić information content (AvgIpc) is 3.01. The van der Waals surface area contributed by atoms with Crippen molar-refractivity contribution >= 4 is 10.9 Å². The average molecular weight is 338 g/mol. The fourth-order valence-electron chi connectivity index (χ4n) is 3.08. The first kappa shape index (κ1) is 15.9. The van der Waals surface area contributed by atoms with E-state index in [2.05, 4.69) is 27.4 Å². The summed E-state index contributed by atoms with van der Waals surface area (Å²) in [6.07, 6.45) is 4.66. The van der Waals surface area contributed by atoms with Crippen LogP contribution in [0.5, 0.6) is 11.5 Å². The first-order chi connectivity index (χ1) is 12.2. The van der Waals surface area contributed by atoms with E-state index in [1.165, 1.54) is 0 Å². The lowest BCUT2D eigenvalue weighted by Crippen LogP contribution is -2.31. The summed E-state index contributed by atoms with van der Waals surface area (Å²) >= 11 is 0. The van der Waals surface area contributed by atoms with Crippen LogP contribution in [0.2, 0.25) is 0 Å². The molecule has 25 heavy (non-hydrogen) atoms. The zero-order valence-electron chi connectivity index (χ0n) is 14.5. The molecule has 3 aromatic rings. The number of hydrogen-bond acceptors (Lipinski definition) is 5. The van der Waals surface area contributed by atoms with Crippen LogP contribution in [0.25, 0.3) is 22.2 Å². The summed E-state index contributed by atoms with van der Waals surface area (Å²) in [6.45, 7) is 5.80. The highest BCUT2D eigenvalue weighted by molar-refractivity contribution is 5.93. The predicted octanol–water partition coefficient (Wildman–Crippen LogP) is 3.15. The van der Waals surface area contributed by atoms with Gasteiger partial charge in [-0.05, 0) is 51.1 Å². The second kappa shape index (κ2) is 6.72. The van der Waals surface area contributed by atoms with E-state index in [9.17, 15) is 0 Å². The third kappa shape index (κ3) is 3.44. The number of aromatic amines is 1. The predicted molar refractivity (Wildman–Crippen MR) is 97.0 cm³/mol. The van der Waals surface area contributed by atoms with E-state index >= 15 is 0 Å². The van der Waals surface area contributed by atoms with Gasteiger partial charge < -0.3 is 14.8 Å². The Labute approximate surface area is 146 Å². The van der Waals surface area contributed by atoms with Gasteiger partial charge in [-0.15, -0.1) is 0 Å². The lowest BCUT2D eigenvalue weighted by atomic mass is 10.1.